The highest BCUT2D eigenvalue weighted by molar-refractivity contribution is 7.19. The second-order valence-corrected chi connectivity index (χ2v) is 6.08. The zero-order chi connectivity index (χ0) is 15.4. The number of esters is 1. The number of hydrogen-bond donors (Lipinski definition) is 0. The van der Waals surface area contributed by atoms with Gasteiger partial charge >= 0.3 is 5.97 Å². The van der Waals surface area contributed by atoms with Crippen molar-refractivity contribution in [2.45, 2.75) is 12.5 Å². The molecule has 1 heterocycles. The first-order valence-electron chi connectivity index (χ1n) is 7.03. The molecule has 22 heavy (non-hydrogen) atoms. The van der Waals surface area contributed by atoms with Crippen molar-refractivity contribution in [3.8, 4) is 5.75 Å². The summed E-state index contributed by atoms with van der Waals surface area (Å²) in [5.41, 5.74) is 0. The van der Waals surface area contributed by atoms with Gasteiger partial charge < -0.3 is 9.47 Å². The summed E-state index contributed by atoms with van der Waals surface area (Å²) < 4.78 is 11.9. The minimum atomic E-state index is -0.603. The van der Waals surface area contributed by atoms with Crippen molar-refractivity contribution < 1.29 is 14.3 Å². The monoisotopic (exact) mass is 312 g/mol. The Kier molecular flexibility index (Phi) is 4.51. The fraction of sp³-hybridized carbons (Fsp3) is 0.167. The SMILES string of the molecule is COC(Cc1cc2ccccc2s1)C(=O)Oc1ccccc1. The van der Waals surface area contributed by atoms with Gasteiger partial charge in [-0.25, -0.2) is 4.79 Å². The highest BCUT2D eigenvalue weighted by atomic mass is 32.1. The van der Waals surface area contributed by atoms with E-state index in [1.165, 1.54) is 17.2 Å². The smallest absolute Gasteiger partial charge is 0.341 e. The minimum Gasteiger partial charge on any atom is -0.425 e. The number of carbonyl (C=O) groups excluding carboxylic acids is 1. The van der Waals surface area contributed by atoms with Crippen molar-refractivity contribution in [2.24, 2.45) is 0 Å². The molecule has 2 aromatic carbocycles. The fourth-order valence-electron chi connectivity index (χ4n) is 2.25. The van der Waals surface area contributed by atoms with Crippen LogP contribution < -0.4 is 4.74 Å². The molecule has 0 aliphatic carbocycles. The first-order valence-corrected chi connectivity index (χ1v) is 7.85. The van der Waals surface area contributed by atoms with E-state index in [1.807, 2.05) is 30.3 Å². The zero-order valence-electron chi connectivity index (χ0n) is 12.2. The van der Waals surface area contributed by atoms with E-state index in [0.29, 0.717) is 12.2 Å². The second-order valence-electron chi connectivity index (χ2n) is 4.91. The molecule has 0 saturated carbocycles. The van der Waals surface area contributed by atoms with Gasteiger partial charge in [0.1, 0.15) is 5.75 Å². The molecule has 3 rings (SSSR count). The molecule has 112 valence electrons. The molecule has 3 aromatic rings. The van der Waals surface area contributed by atoms with Crippen LogP contribution in [0.25, 0.3) is 10.1 Å². The standard InChI is InChI=1S/C18H16O3S/c1-20-16(18(19)21-14-8-3-2-4-9-14)12-15-11-13-7-5-6-10-17(13)22-15/h2-11,16H,12H2,1H3. The molecule has 0 saturated heterocycles. The largest absolute Gasteiger partial charge is 0.425 e. The topological polar surface area (TPSA) is 35.5 Å². The Morgan fingerprint density at radius 2 is 1.82 bits per heavy atom. The molecule has 0 aliphatic heterocycles. The average molecular weight is 312 g/mol. The molecule has 0 fully saturated rings. The number of benzene rings is 2. The van der Waals surface area contributed by atoms with Crippen LogP contribution in [0.1, 0.15) is 4.88 Å². The van der Waals surface area contributed by atoms with Crippen LogP contribution in [0.15, 0.2) is 60.7 Å². The van der Waals surface area contributed by atoms with Gasteiger partial charge in [0.25, 0.3) is 0 Å². The van der Waals surface area contributed by atoms with Crippen molar-refractivity contribution in [3.05, 3.63) is 65.5 Å². The molecule has 1 unspecified atom stereocenters. The van der Waals surface area contributed by atoms with Gasteiger partial charge in [0.05, 0.1) is 0 Å². The summed E-state index contributed by atoms with van der Waals surface area (Å²) in [7, 11) is 1.53. The molecule has 0 N–H and O–H groups in total. The predicted molar refractivity (Wildman–Crippen MR) is 88.4 cm³/mol. The van der Waals surface area contributed by atoms with E-state index in [9.17, 15) is 4.79 Å². The summed E-state index contributed by atoms with van der Waals surface area (Å²) in [6.07, 6.45) is -0.0881. The second kappa shape index (κ2) is 6.73. The predicted octanol–water partition coefficient (Wildman–Crippen LogP) is 4.06. The molecule has 1 atom stereocenters. The van der Waals surface area contributed by atoms with Crippen molar-refractivity contribution in [1.82, 2.24) is 0 Å². The van der Waals surface area contributed by atoms with Gasteiger partial charge in [-0.15, -0.1) is 11.3 Å². The first-order chi connectivity index (χ1) is 10.8. The van der Waals surface area contributed by atoms with Gasteiger partial charge in [0.15, 0.2) is 6.10 Å². The molecule has 0 radical (unpaired) electrons. The Hall–Kier alpha value is -2.17. The van der Waals surface area contributed by atoms with Gasteiger partial charge in [-0.1, -0.05) is 36.4 Å². The van der Waals surface area contributed by atoms with E-state index in [4.69, 9.17) is 9.47 Å². The molecule has 0 aliphatic rings. The number of hydrogen-bond acceptors (Lipinski definition) is 4. The Balaban J connectivity index is 1.72. The number of thiophene rings is 1. The van der Waals surface area contributed by atoms with Gasteiger partial charge in [0, 0.05) is 23.1 Å². The Morgan fingerprint density at radius 3 is 2.55 bits per heavy atom. The van der Waals surface area contributed by atoms with Gasteiger partial charge in [-0.05, 0) is 29.7 Å². The van der Waals surface area contributed by atoms with Gasteiger partial charge in [-0.3, -0.25) is 0 Å². The zero-order valence-corrected chi connectivity index (χ0v) is 13.0. The summed E-state index contributed by atoms with van der Waals surface area (Å²) in [5, 5.41) is 1.19. The lowest BCUT2D eigenvalue weighted by atomic mass is 10.2. The molecule has 0 spiro atoms. The third kappa shape index (κ3) is 3.35. The van der Waals surface area contributed by atoms with Crippen LogP contribution in [0.5, 0.6) is 5.75 Å². The highest BCUT2D eigenvalue weighted by Gasteiger charge is 2.21. The number of methoxy groups -OCH3 is 1. The Labute approximate surface area is 133 Å². The summed E-state index contributed by atoms with van der Waals surface area (Å²) in [6.45, 7) is 0. The third-order valence-corrected chi connectivity index (χ3v) is 4.51. The highest BCUT2D eigenvalue weighted by Crippen LogP contribution is 2.26. The first kappa shape index (κ1) is 14.8. The Morgan fingerprint density at radius 1 is 1.09 bits per heavy atom. The third-order valence-electron chi connectivity index (χ3n) is 3.37. The number of fused-ring (bicyclic) bond motifs is 1. The van der Waals surface area contributed by atoms with Crippen molar-refractivity contribution >= 4 is 27.4 Å². The van der Waals surface area contributed by atoms with Crippen LogP contribution in [0, 0.1) is 0 Å². The maximum atomic E-state index is 12.2. The number of para-hydroxylation sites is 1. The van der Waals surface area contributed by atoms with Crippen LogP contribution in [0.4, 0.5) is 0 Å². The molecule has 1 aromatic heterocycles. The van der Waals surface area contributed by atoms with Crippen LogP contribution in [0.2, 0.25) is 0 Å². The molecule has 0 amide bonds. The molecule has 4 heteroatoms. The maximum absolute atomic E-state index is 12.2. The average Bonchev–Trinajstić information content (AvgIpc) is 2.96. The Bertz CT molecular complexity index is 731. The molecular formula is C18H16O3S. The lowest BCUT2D eigenvalue weighted by Crippen LogP contribution is -2.29. The van der Waals surface area contributed by atoms with Gasteiger partial charge in [0.2, 0.25) is 0 Å². The normalized spacial score (nSPS) is 12.2. The number of carbonyl (C=O) groups is 1. The van der Waals surface area contributed by atoms with Crippen LogP contribution in [0.3, 0.4) is 0 Å². The lowest BCUT2D eigenvalue weighted by molar-refractivity contribution is -0.145. The van der Waals surface area contributed by atoms with E-state index >= 15 is 0 Å². The lowest BCUT2D eigenvalue weighted by Gasteiger charge is -2.13. The quantitative estimate of drug-likeness (QED) is 0.526. The van der Waals surface area contributed by atoms with Gasteiger partial charge in [-0.2, -0.15) is 0 Å². The van der Waals surface area contributed by atoms with E-state index in [-0.39, 0.29) is 5.97 Å². The summed E-state index contributed by atoms with van der Waals surface area (Å²) in [5.74, 6) is 0.164. The number of rotatable bonds is 5. The van der Waals surface area contributed by atoms with Crippen LogP contribution in [-0.4, -0.2) is 19.2 Å². The fourth-order valence-corrected chi connectivity index (χ4v) is 3.35. The number of ether oxygens (including phenoxy) is 2. The van der Waals surface area contributed by atoms with Crippen molar-refractivity contribution in [2.75, 3.05) is 7.11 Å². The van der Waals surface area contributed by atoms with E-state index in [2.05, 4.69) is 18.2 Å². The molecular weight excluding hydrogens is 296 g/mol. The molecule has 0 bridgehead atoms. The maximum Gasteiger partial charge on any atom is 0.341 e. The van der Waals surface area contributed by atoms with E-state index in [0.717, 1.165) is 4.88 Å². The van der Waals surface area contributed by atoms with Crippen LogP contribution >= 0.6 is 11.3 Å². The summed E-state index contributed by atoms with van der Waals surface area (Å²) in [6, 6.07) is 19.3. The van der Waals surface area contributed by atoms with Crippen molar-refractivity contribution in [3.63, 3.8) is 0 Å². The van der Waals surface area contributed by atoms with E-state index in [1.54, 1.807) is 23.5 Å². The summed E-state index contributed by atoms with van der Waals surface area (Å²) >= 11 is 1.68. The minimum absolute atomic E-state index is 0.369. The summed E-state index contributed by atoms with van der Waals surface area (Å²) in [4.78, 5) is 13.3. The van der Waals surface area contributed by atoms with Crippen LogP contribution in [-0.2, 0) is 16.0 Å². The van der Waals surface area contributed by atoms with Crippen molar-refractivity contribution in [1.29, 1.82) is 0 Å². The van der Waals surface area contributed by atoms with E-state index < -0.39 is 6.10 Å². The molecule has 3 nitrogen and oxygen atoms in total.